The van der Waals surface area contributed by atoms with Gasteiger partial charge in [0.1, 0.15) is 22.9 Å². The number of fused-ring (bicyclic) bond motifs is 2. The number of methoxy groups -OCH3 is 1. The second kappa shape index (κ2) is 11.8. The lowest BCUT2D eigenvalue weighted by Gasteiger charge is -2.17. The summed E-state index contributed by atoms with van der Waals surface area (Å²) in [6.07, 6.45) is 6.41. The number of esters is 1. The molecule has 0 fully saturated rings. The first-order valence-corrected chi connectivity index (χ1v) is 17.7. The van der Waals surface area contributed by atoms with Crippen LogP contribution in [0.4, 0.5) is 5.69 Å². The Morgan fingerprint density at radius 3 is 2.71 bits per heavy atom. The molecule has 0 saturated heterocycles. The number of benzene rings is 1. The molecule has 0 bridgehead atoms. The van der Waals surface area contributed by atoms with Crippen molar-refractivity contribution in [3.05, 3.63) is 59.5 Å². The van der Waals surface area contributed by atoms with Gasteiger partial charge in [-0.15, -0.1) is 11.3 Å². The molecule has 4 heterocycles. The van der Waals surface area contributed by atoms with E-state index in [0.29, 0.717) is 52.0 Å². The lowest BCUT2D eigenvalue weighted by Crippen LogP contribution is -2.22. The van der Waals surface area contributed by atoms with E-state index in [-0.39, 0.29) is 18.6 Å². The van der Waals surface area contributed by atoms with Crippen molar-refractivity contribution < 1.29 is 23.8 Å². The summed E-state index contributed by atoms with van der Waals surface area (Å²) >= 11 is 1.33. The maximum absolute atomic E-state index is 13.4. The molecular formula is C28H32N6O5SSi. The summed E-state index contributed by atoms with van der Waals surface area (Å²) in [5.74, 6) is -0.184. The van der Waals surface area contributed by atoms with Crippen molar-refractivity contribution in [2.45, 2.75) is 39.3 Å². The normalized spacial score (nSPS) is 11.7. The van der Waals surface area contributed by atoms with E-state index in [1.165, 1.54) is 17.5 Å². The number of carbonyl (C=O) groups is 2. The molecule has 0 radical (unpaired) electrons. The van der Waals surface area contributed by atoms with E-state index in [1.807, 2.05) is 12.1 Å². The number of hydrogen-bond donors (Lipinski definition) is 1. The highest BCUT2D eigenvalue weighted by atomic mass is 32.1. The highest BCUT2D eigenvalue weighted by Crippen LogP contribution is 2.40. The molecule has 41 heavy (non-hydrogen) atoms. The Labute approximate surface area is 242 Å². The predicted octanol–water partition coefficient (Wildman–Crippen LogP) is 5.56. The van der Waals surface area contributed by atoms with Crippen LogP contribution in [-0.2, 0) is 16.2 Å². The number of hydrogen-bond acceptors (Lipinski definition) is 9. The molecule has 0 saturated carbocycles. The molecule has 0 atom stereocenters. The maximum Gasteiger partial charge on any atom is 0.348 e. The van der Waals surface area contributed by atoms with Crippen LogP contribution in [0.3, 0.4) is 0 Å². The third-order valence-corrected chi connectivity index (χ3v) is 9.17. The fraction of sp³-hybridized carbons (Fsp3) is 0.321. The van der Waals surface area contributed by atoms with E-state index in [1.54, 1.807) is 54.0 Å². The van der Waals surface area contributed by atoms with Crippen molar-refractivity contribution in [2.75, 3.05) is 25.6 Å². The smallest absolute Gasteiger partial charge is 0.348 e. The first kappa shape index (κ1) is 28.5. The summed E-state index contributed by atoms with van der Waals surface area (Å²) in [6.45, 7) is 9.75. The molecule has 0 aliphatic rings. The lowest BCUT2D eigenvalue weighted by atomic mass is 10.1. The average Bonchev–Trinajstić information content (AvgIpc) is 3.66. The molecule has 0 unspecified atom stereocenters. The van der Waals surface area contributed by atoms with Gasteiger partial charge in [-0.3, -0.25) is 4.79 Å². The van der Waals surface area contributed by atoms with Crippen LogP contribution in [0.15, 0.2) is 49.1 Å². The second-order valence-electron chi connectivity index (χ2n) is 10.6. The standard InChI is InChI=1S/C28H32N6O5SSi/c1-6-39-28(36)24-13-18-12-19(22(37-2)14-23(18)40-24)25-21(16-31-34(25)17-38-10-11-41(3,4)5)32-27(35)20-15-30-33-9-7-8-29-26(20)33/h7-9,12-16H,6,10-11,17H2,1-5H3,(H,32,35). The second-order valence-corrected chi connectivity index (χ2v) is 17.3. The van der Waals surface area contributed by atoms with Crippen LogP contribution in [0.2, 0.25) is 25.7 Å². The highest BCUT2D eigenvalue weighted by molar-refractivity contribution is 7.20. The van der Waals surface area contributed by atoms with Gasteiger partial charge in [0, 0.05) is 37.3 Å². The van der Waals surface area contributed by atoms with Gasteiger partial charge in [-0.25, -0.2) is 19.0 Å². The van der Waals surface area contributed by atoms with Gasteiger partial charge in [-0.1, -0.05) is 19.6 Å². The van der Waals surface area contributed by atoms with Crippen LogP contribution in [0.1, 0.15) is 27.0 Å². The van der Waals surface area contributed by atoms with Gasteiger partial charge in [0.05, 0.1) is 37.5 Å². The minimum absolute atomic E-state index is 0.187. The number of anilines is 1. The van der Waals surface area contributed by atoms with Crippen molar-refractivity contribution in [3.63, 3.8) is 0 Å². The fourth-order valence-electron chi connectivity index (χ4n) is 4.29. The van der Waals surface area contributed by atoms with Crippen molar-refractivity contribution in [1.29, 1.82) is 0 Å². The highest BCUT2D eigenvalue weighted by Gasteiger charge is 2.23. The molecule has 13 heteroatoms. The number of amides is 1. The summed E-state index contributed by atoms with van der Waals surface area (Å²) in [4.78, 5) is 30.6. The molecule has 0 spiro atoms. The van der Waals surface area contributed by atoms with Crippen molar-refractivity contribution in [1.82, 2.24) is 24.4 Å². The van der Waals surface area contributed by atoms with Crippen LogP contribution >= 0.6 is 11.3 Å². The summed E-state index contributed by atoms with van der Waals surface area (Å²) in [6, 6.07) is 8.36. The molecule has 4 aromatic heterocycles. The van der Waals surface area contributed by atoms with Gasteiger partial charge >= 0.3 is 5.97 Å². The summed E-state index contributed by atoms with van der Waals surface area (Å²) in [5, 5.41) is 12.6. The topological polar surface area (TPSA) is 122 Å². The van der Waals surface area contributed by atoms with E-state index in [2.05, 4.69) is 40.1 Å². The van der Waals surface area contributed by atoms with Crippen LogP contribution in [0, 0.1) is 0 Å². The number of thiophene rings is 1. The quantitative estimate of drug-likeness (QED) is 0.120. The minimum atomic E-state index is -1.28. The van der Waals surface area contributed by atoms with Gasteiger partial charge in [0.25, 0.3) is 5.91 Å². The first-order chi connectivity index (χ1) is 19.7. The largest absolute Gasteiger partial charge is 0.496 e. The number of aromatic nitrogens is 5. The van der Waals surface area contributed by atoms with Crippen molar-refractivity contribution in [3.8, 4) is 17.0 Å². The van der Waals surface area contributed by atoms with Gasteiger partial charge in [-0.05, 0) is 42.6 Å². The Balaban J connectivity index is 1.55. The zero-order valence-corrected chi connectivity index (χ0v) is 25.4. The predicted molar refractivity (Wildman–Crippen MR) is 161 cm³/mol. The molecule has 5 aromatic rings. The Bertz CT molecular complexity index is 1720. The van der Waals surface area contributed by atoms with Gasteiger partial charge < -0.3 is 19.5 Å². The number of ether oxygens (including phenoxy) is 3. The Morgan fingerprint density at radius 1 is 1.12 bits per heavy atom. The lowest BCUT2D eigenvalue weighted by molar-refractivity contribution is 0.0532. The van der Waals surface area contributed by atoms with Crippen molar-refractivity contribution in [2.24, 2.45) is 0 Å². The zero-order valence-electron chi connectivity index (χ0n) is 23.6. The third-order valence-electron chi connectivity index (χ3n) is 6.39. The van der Waals surface area contributed by atoms with Gasteiger partial charge in [0.2, 0.25) is 0 Å². The molecule has 0 aliphatic carbocycles. The van der Waals surface area contributed by atoms with Crippen LogP contribution in [-0.4, -0.2) is 64.7 Å². The number of rotatable bonds is 11. The van der Waals surface area contributed by atoms with Crippen LogP contribution in [0.5, 0.6) is 5.75 Å². The Hall–Kier alpha value is -4.07. The first-order valence-electron chi connectivity index (χ1n) is 13.2. The molecule has 11 nitrogen and oxygen atoms in total. The monoisotopic (exact) mass is 592 g/mol. The fourth-order valence-corrected chi connectivity index (χ4v) is 6.01. The molecule has 5 rings (SSSR count). The molecule has 1 aromatic carbocycles. The SMILES string of the molecule is CCOC(=O)c1cc2cc(-c3c(NC(=O)c4cnn5cccnc45)cnn3COCC[Si](C)(C)C)c(OC)cc2s1. The summed E-state index contributed by atoms with van der Waals surface area (Å²) in [7, 11) is 0.299. The molecular weight excluding hydrogens is 560 g/mol. The van der Waals surface area contributed by atoms with Crippen molar-refractivity contribution >= 4 is 52.7 Å². The molecule has 214 valence electrons. The van der Waals surface area contributed by atoms with E-state index < -0.39 is 8.07 Å². The van der Waals surface area contributed by atoms with E-state index in [4.69, 9.17) is 14.2 Å². The summed E-state index contributed by atoms with van der Waals surface area (Å²) < 4.78 is 21.1. The van der Waals surface area contributed by atoms with Gasteiger partial charge in [-0.2, -0.15) is 10.2 Å². The zero-order chi connectivity index (χ0) is 29.1. The minimum Gasteiger partial charge on any atom is -0.496 e. The Morgan fingerprint density at radius 2 is 1.95 bits per heavy atom. The maximum atomic E-state index is 13.4. The Kier molecular flexibility index (Phi) is 8.19. The molecule has 0 aliphatic heterocycles. The molecule has 1 amide bonds. The van der Waals surface area contributed by atoms with E-state index in [0.717, 1.165) is 16.1 Å². The number of nitrogens with zero attached hydrogens (tertiary/aromatic N) is 5. The number of carbonyl (C=O) groups excluding carboxylic acids is 2. The summed E-state index contributed by atoms with van der Waals surface area (Å²) in [5.41, 5.74) is 2.54. The molecule has 1 N–H and O–H groups in total. The van der Waals surface area contributed by atoms with Crippen LogP contribution in [0.25, 0.3) is 27.0 Å². The van der Waals surface area contributed by atoms with Gasteiger partial charge in [0.15, 0.2) is 5.65 Å². The van der Waals surface area contributed by atoms with E-state index in [9.17, 15) is 9.59 Å². The third kappa shape index (κ3) is 6.16. The van der Waals surface area contributed by atoms with E-state index >= 15 is 0 Å². The average molecular weight is 593 g/mol. The number of nitrogens with one attached hydrogen (secondary N) is 1. The van der Waals surface area contributed by atoms with Crippen LogP contribution < -0.4 is 10.1 Å².